The summed E-state index contributed by atoms with van der Waals surface area (Å²) in [5, 5.41) is 1.26. The number of aromatic nitrogens is 1. The number of hydrogen-bond acceptors (Lipinski definition) is 0. The largest absolute Gasteiger partial charge is 0.361 e. The molecule has 1 aromatic heterocycles. The Morgan fingerprint density at radius 3 is 3.08 bits per heavy atom. The average Bonchev–Trinajstić information content (AvgIpc) is 2.61. The number of terminal acetylenes is 1. The van der Waals surface area contributed by atoms with E-state index in [-0.39, 0.29) is 0 Å². The fraction of sp³-hybridized carbons (Fsp3) is 0.167. The molecule has 0 unspecified atom stereocenters. The van der Waals surface area contributed by atoms with Crippen LogP contribution < -0.4 is 0 Å². The first-order valence-corrected chi connectivity index (χ1v) is 4.39. The van der Waals surface area contributed by atoms with Crippen molar-refractivity contribution in [3.63, 3.8) is 0 Å². The molecular weight excluding hydrogens is 158 g/mol. The standard InChI is InChI=1S/C12H11N/c1-2-3-4-10-5-6-12-11(9-10)7-8-13-12/h1,5-9,13H,3-4H2. The zero-order valence-electron chi connectivity index (χ0n) is 7.38. The zero-order chi connectivity index (χ0) is 9.10. The van der Waals surface area contributed by atoms with Crippen LogP contribution in [0, 0.1) is 12.3 Å². The van der Waals surface area contributed by atoms with Gasteiger partial charge in [-0.2, -0.15) is 0 Å². The van der Waals surface area contributed by atoms with Crippen molar-refractivity contribution in [1.82, 2.24) is 4.98 Å². The molecule has 0 saturated carbocycles. The lowest BCUT2D eigenvalue weighted by Crippen LogP contribution is -1.82. The number of aryl methyl sites for hydroxylation is 1. The molecule has 0 radical (unpaired) electrons. The number of nitrogens with one attached hydrogen (secondary N) is 1. The third kappa shape index (κ3) is 1.57. The van der Waals surface area contributed by atoms with Gasteiger partial charge in [0.2, 0.25) is 0 Å². The molecular formula is C12H11N. The van der Waals surface area contributed by atoms with Crippen LogP contribution >= 0.6 is 0 Å². The molecule has 0 atom stereocenters. The summed E-state index contributed by atoms with van der Waals surface area (Å²) in [7, 11) is 0. The van der Waals surface area contributed by atoms with E-state index in [1.807, 2.05) is 6.20 Å². The maximum absolute atomic E-state index is 5.21. The van der Waals surface area contributed by atoms with E-state index < -0.39 is 0 Å². The monoisotopic (exact) mass is 169 g/mol. The molecule has 0 fully saturated rings. The van der Waals surface area contributed by atoms with Crippen LogP contribution in [0.25, 0.3) is 10.9 Å². The minimum atomic E-state index is 0.815. The van der Waals surface area contributed by atoms with Crippen LogP contribution in [-0.2, 0) is 6.42 Å². The average molecular weight is 169 g/mol. The fourth-order valence-electron chi connectivity index (χ4n) is 1.47. The molecule has 0 aliphatic rings. The molecule has 0 spiro atoms. The van der Waals surface area contributed by atoms with E-state index in [1.165, 1.54) is 16.5 Å². The Bertz CT molecular complexity index is 445. The molecule has 1 heteroatoms. The molecule has 64 valence electrons. The molecule has 0 bridgehead atoms. The summed E-state index contributed by atoms with van der Waals surface area (Å²) in [6.07, 6.45) is 8.95. The van der Waals surface area contributed by atoms with Gasteiger partial charge in [-0.3, -0.25) is 0 Å². The first-order valence-electron chi connectivity index (χ1n) is 4.39. The van der Waals surface area contributed by atoms with Gasteiger partial charge in [-0.1, -0.05) is 6.07 Å². The van der Waals surface area contributed by atoms with Crippen molar-refractivity contribution in [2.75, 3.05) is 0 Å². The molecule has 1 N–H and O–H groups in total. The van der Waals surface area contributed by atoms with Crippen LogP contribution in [0.2, 0.25) is 0 Å². The Kier molecular flexibility index (Phi) is 2.06. The summed E-state index contributed by atoms with van der Waals surface area (Å²) < 4.78 is 0. The molecule has 1 nitrogen and oxygen atoms in total. The van der Waals surface area contributed by atoms with Crippen molar-refractivity contribution in [2.24, 2.45) is 0 Å². The van der Waals surface area contributed by atoms with Gasteiger partial charge in [0, 0.05) is 18.1 Å². The molecule has 1 heterocycles. The molecule has 0 aliphatic carbocycles. The van der Waals surface area contributed by atoms with Gasteiger partial charge in [-0.05, 0) is 35.6 Å². The smallest absolute Gasteiger partial charge is 0.0454 e. The van der Waals surface area contributed by atoms with Crippen LogP contribution in [0.4, 0.5) is 0 Å². The molecule has 1 aromatic carbocycles. The SMILES string of the molecule is C#CCCc1ccc2[nH]ccc2c1. The second kappa shape index (κ2) is 3.37. The van der Waals surface area contributed by atoms with E-state index in [2.05, 4.69) is 35.2 Å². The van der Waals surface area contributed by atoms with Crippen LogP contribution in [-0.4, -0.2) is 4.98 Å². The van der Waals surface area contributed by atoms with E-state index in [0.717, 1.165) is 12.8 Å². The van der Waals surface area contributed by atoms with E-state index in [1.54, 1.807) is 0 Å². The normalized spacial score (nSPS) is 10.1. The third-order valence-corrected chi connectivity index (χ3v) is 2.18. The summed E-state index contributed by atoms with van der Waals surface area (Å²) in [6, 6.07) is 8.48. The van der Waals surface area contributed by atoms with Crippen molar-refractivity contribution in [3.05, 3.63) is 36.0 Å². The van der Waals surface area contributed by atoms with Crippen molar-refractivity contribution in [3.8, 4) is 12.3 Å². The lowest BCUT2D eigenvalue weighted by molar-refractivity contribution is 1.03. The number of aromatic amines is 1. The highest BCUT2D eigenvalue weighted by molar-refractivity contribution is 5.79. The van der Waals surface area contributed by atoms with Gasteiger partial charge in [0.15, 0.2) is 0 Å². The summed E-state index contributed by atoms with van der Waals surface area (Å²) in [4.78, 5) is 3.16. The Morgan fingerprint density at radius 1 is 1.31 bits per heavy atom. The van der Waals surface area contributed by atoms with E-state index in [0.29, 0.717) is 0 Å². The van der Waals surface area contributed by atoms with E-state index in [9.17, 15) is 0 Å². The van der Waals surface area contributed by atoms with Crippen molar-refractivity contribution < 1.29 is 0 Å². The molecule has 2 aromatic rings. The van der Waals surface area contributed by atoms with Gasteiger partial charge in [0.25, 0.3) is 0 Å². The first-order chi connectivity index (χ1) is 6.40. The molecule has 0 saturated heterocycles. The molecule has 13 heavy (non-hydrogen) atoms. The molecule has 2 rings (SSSR count). The molecule has 0 aliphatic heterocycles. The number of fused-ring (bicyclic) bond motifs is 1. The van der Waals surface area contributed by atoms with Gasteiger partial charge >= 0.3 is 0 Å². The predicted octanol–water partition coefficient (Wildman–Crippen LogP) is 2.73. The zero-order valence-corrected chi connectivity index (χ0v) is 7.38. The van der Waals surface area contributed by atoms with Gasteiger partial charge in [-0.25, -0.2) is 0 Å². The Morgan fingerprint density at radius 2 is 2.23 bits per heavy atom. The van der Waals surface area contributed by atoms with Crippen LogP contribution in [0.1, 0.15) is 12.0 Å². The highest BCUT2D eigenvalue weighted by atomic mass is 14.7. The van der Waals surface area contributed by atoms with Gasteiger partial charge in [0.05, 0.1) is 0 Å². The van der Waals surface area contributed by atoms with Gasteiger partial charge in [-0.15, -0.1) is 12.3 Å². The topological polar surface area (TPSA) is 15.8 Å². The maximum Gasteiger partial charge on any atom is 0.0454 e. The third-order valence-electron chi connectivity index (χ3n) is 2.18. The van der Waals surface area contributed by atoms with Crippen molar-refractivity contribution >= 4 is 10.9 Å². The first kappa shape index (κ1) is 7.94. The summed E-state index contributed by atoms with van der Waals surface area (Å²) in [5.41, 5.74) is 2.49. The lowest BCUT2D eigenvalue weighted by Gasteiger charge is -1.97. The van der Waals surface area contributed by atoms with Crippen LogP contribution in [0.3, 0.4) is 0 Å². The van der Waals surface area contributed by atoms with Crippen molar-refractivity contribution in [1.29, 1.82) is 0 Å². The van der Waals surface area contributed by atoms with Gasteiger partial charge < -0.3 is 4.98 Å². The predicted molar refractivity (Wildman–Crippen MR) is 55.5 cm³/mol. The maximum atomic E-state index is 5.21. The highest BCUT2D eigenvalue weighted by Crippen LogP contribution is 2.14. The quantitative estimate of drug-likeness (QED) is 0.665. The Labute approximate surface area is 77.8 Å². The number of hydrogen-bond donors (Lipinski definition) is 1. The minimum Gasteiger partial charge on any atom is -0.361 e. The second-order valence-electron chi connectivity index (χ2n) is 3.10. The Hall–Kier alpha value is -1.68. The minimum absolute atomic E-state index is 0.815. The fourth-order valence-corrected chi connectivity index (χ4v) is 1.47. The summed E-state index contributed by atoms with van der Waals surface area (Å²) in [6.45, 7) is 0. The summed E-state index contributed by atoms with van der Waals surface area (Å²) >= 11 is 0. The highest BCUT2D eigenvalue weighted by Gasteiger charge is 1.95. The van der Waals surface area contributed by atoms with Crippen LogP contribution in [0.5, 0.6) is 0 Å². The van der Waals surface area contributed by atoms with E-state index in [4.69, 9.17) is 6.42 Å². The molecule has 0 amide bonds. The Balaban J connectivity index is 2.33. The number of H-pyrrole nitrogens is 1. The number of rotatable bonds is 2. The van der Waals surface area contributed by atoms with E-state index >= 15 is 0 Å². The number of benzene rings is 1. The van der Waals surface area contributed by atoms with Crippen molar-refractivity contribution in [2.45, 2.75) is 12.8 Å². The van der Waals surface area contributed by atoms with Gasteiger partial charge in [0.1, 0.15) is 0 Å². The van der Waals surface area contributed by atoms with Crippen LogP contribution in [0.15, 0.2) is 30.5 Å². The lowest BCUT2D eigenvalue weighted by atomic mass is 10.1. The summed E-state index contributed by atoms with van der Waals surface area (Å²) in [5.74, 6) is 2.65. The second-order valence-corrected chi connectivity index (χ2v) is 3.10.